The number of halogens is 3. The van der Waals surface area contributed by atoms with Gasteiger partial charge in [-0.3, -0.25) is 9.78 Å². The largest absolute Gasteiger partial charge is 0.490 e. The molecule has 30 heavy (non-hydrogen) atoms. The molecule has 2 aromatic heterocycles. The van der Waals surface area contributed by atoms with Gasteiger partial charge >= 0.3 is 0 Å². The summed E-state index contributed by atoms with van der Waals surface area (Å²) in [7, 11) is 0. The molecule has 11 heteroatoms. The van der Waals surface area contributed by atoms with Gasteiger partial charge in [-0.15, -0.1) is 0 Å². The van der Waals surface area contributed by atoms with E-state index in [1.807, 2.05) is 6.07 Å². The molecular formula is C19H19F3N6O2. The van der Waals surface area contributed by atoms with Crippen molar-refractivity contribution in [3.8, 4) is 11.8 Å². The second kappa shape index (κ2) is 9.39. The molecule has 1 fully saturated rings. The van der Waals surface area contributed by atoms with Gasteiger partial charge in [-0.1, -0.05) is 0 Å². The summed E-state index contributed by atoms with van der Waals surface area (Å²) in [4.78, 5) is 24.9. The minimum atomic E-state index is -2.70. The highest BCUT2D eigenvalue weighted by molar-refractivity contribution is 5.51. The van der Waals surface area contributed by atoms with Crippen molar-refractivity contribution in [2.24, 2.45) is 0 Å². The van der Waals surface area contributed by atoms with E-state index in [-0.39, 0.29) is 12.4 Å². The van der Waals surface area contributed by atoms with E-state index in [0.717, 1.165) is 24.4 Å². The number of fused-ring (bicyclic) bond motifs is 1. The fraction of sp³-hybridized carbons (Fsp3) is 0.421. The highest BCUT2D eigenvalue weighted by Crippen LogP contribution is 2.28. The van der Waals surface area contributed by atoms with Crippen LogP contribution in [-0.4, -0.2) is 58.4 Å². The lowest BCUT2D eigenvalue weighted by Gasteiger charge is -2.32. The molecule has 8 nitrogen and oxygen atoms in total. The van der Waals surface area contributed by atoms with Gasteiger partial charge in [0.05, 0.1) is 32.0 Å². The van der Waals surface area contributed by atoms with Gasteiger partial charge in [0, 0.05) is 30.9 Å². The van der Waals surface area contributed by atoms with Gasteiger partial charge in [0.15, 0.2) is 5.82 Å². The molecule has 0 saturated carbocycles. The van der Waals surface area contributed by atoms with Crippen LogP contribution in [-0.2, 0) is 11.3 Å². The number of hydrogen-bond donors (Lipinski definition) is 0. The van der Waals surface area contributed by atoms with Gasteiger partial charge in [-0.25, -0.2) is 23.1 Å². The normalized spacial score (nSPS) is 17.4. The molecule has 1 saturated heterocycles. The maximum atomic E-state index is 13.0. The van der Waals surface area contributed by atoms with Crippen LogP contribution in [0.25, 0.3) is 0 Å². The van der Waals surface area contributed by atoms with Gasteiger partial charge in [0.25, 0.3) is 5.92 Å². The Labute approximate surface area is 170 Å². The van der Waals surface area contributed by atoms with E-state index < -0.39 is 18.3 Å². The molecule has 2 aliphatic rings. The van der Waals surface area contributed by atoms with Crippen molar-refractivity contribution in [2.45, 2.75) is 25.3 Å². The average Bonchev–Trinajstić information content (AvgIpc) is 2.96. The monoisotopic (exact) mass is 420 g/mol. The third-order valence-corrected chi connectivity index (χ3v) is 4.52. The van der Waals surface area contributed by atoms with Gasteiger partial charge in [-0.05, 0) is 6.42 Å². The van der Waals surface area contributed by atoms with Crippen LogP contribution in [0.1, 0.15) is 24.0 Å². The first-order valence-electron chi connectivity index (χ1n) is 9.21. The summed E-state index contributed by atoms with van der Waals surface area (Å²) in [6.45, 7) is 1.48. The summed E-state index contributed by atoms with van der Waals surface area (Å²) in [5.41, 5.74) is 1.19. The SMILES string of the molecule is Fc1cnc(N2CCCC(F)(F)C2)nc1.N#Cc1cncc2c1OCCN(C=O)C2. The highest BCUT2D eigenvalue weighted by Gasteiger charge is 2.36. The lowest BCUT2D eigenvalue weighted by Crippen LogP contribution is -2.43. The zero-order valence-electron chi connectivity index (χ0n) is 16.0. The number of piperidine rings is 1. The molecule has 0 N–H and O–H groups in total. The summed E-state index contributed by atoms with van der Waals surface area (Å²) in [6, 6.07) is 2.02. The first kappa shape index (κ1) is 21.3. The minimum absolute atomic E-state index is 0.106. The van der Waals surface area contributed by atoms with Gasteiger partial charge in [0.1, 0.15) is 24.0 Å². The minimum Gasteiger partial charge on any atom is -0.490 e. The van der Waals surface area contributed by atoms with Gasteiger partial charge in [-0.2, -0.15) is 5.26 Å². The highest BCUT2D eigenvalue weighted by atomic mass is 19.3. The number of amides is 1. The van der Waals surface area contributed by atoms with E-state index >= 15 is 0 Å². The Bertz CT molecular complexity index is 919. The summed E-state index contributed by atoms with van der Waals surface area (Å²) in [6.07, 6.45) is 6.12. The Morgan fingerprint density at radius 2 is 1.97 bits per heavy atom. The fourth-order valence-corrected chi connectivity index (χ4v) is 3.11. The molecule has 0 unspecified atom stereocenters. The molecule has 2 aliphatic heterocycles. The van der Waals surface area contributed by atoms with E-state index in [9.17, 15) is 18.0 Å². The number of carbonyl (C=O) groups is 1. The maximum absolute atomic E-state index is 13.0. The molecule has 158 valence electrons. The third-order valence-electron chi connectivity index (χ3n) is 4.52. The van der Waals surface area contributed by atoms with Crippen LogP contribution >= 0.6 is 0 Å². The second-order valence-corrected chi connectivity index (χ2v) is 6.79. The van der Waals surface area contributed by atoms with Crippen molar-refractivity contribution in [3.63, 3.8) is 0 Å². The number of ether oxygens (including phenoxy) is 1. The molecule has 1 amide bonds. The summed E-state index contributed by atoms with van der Waals surface area (Å²) < 4.78 is 44.1. The number of pyridine rings is 1. The van der Waals surface area contributed by atoms with Crippen LogP contribution in [0.3, 0.4) is 0 Å². The molecule has 0 aromatic carbocycles. The van der Waals surface area contributed by atoms with E-state index in [0.29, 0.717) is 44.0 Å². The number of alkyl halides is 2. The number of hydrogen-bond acceptors (Lipinski definition) is 7. The quantitative estimate of drug-likeness (QED) is 0.687. The molecule has 4 heterocycles. The lowest BCUT2D eigenvalue weighted by atomic mass is 10.1. The summed E-state index contributed by atoms with van der Waals surface area (Å²) in [5.74, 6) is -2.55. The van der Waals surface area contributed by atoms with Crippen LogP contribution in [0.2, 0.25) is 0 Å². The molecule has 0 aliphatic carbocycles. The molecular weight excluding hydrogens is 401 g/mol. The number of aromatic nitrogens is 3. The van der Waals surface area contributed by atoms with Gasteiger partial charge in [0.2, 0.25) is 12.4 Å². The first-order chi connectivity index (χ1) is 14.4. The van der Waals surface area contributed by atoms with E-state index in [1.54, 1.807) is 11.1 Å². The van der Waals surface area contributed by atoms with Gasteiger partial charge < -0.3 is 14.5 Å². The predicted molar refractivity (Wildman–Crippen MR) is 99.3 cm³/mol. The van der Waals surface area contributed by atoms with Crippen molar-refractivity contribution < 1.29 is 22.7 Å². The second-order valence-electron chi connectivity index (χ2n) is 6.79. The van der Waals surface area contributed by atoms with E-state index in [2.05, 4.69) is 15.0 Å². The summed E-state index contributed by atoms with van der Waals surface area (Å²) in [5, 5.41) is 8.86. The van der Waals surface area contributed by atoms with Crippen LogP contribution in [0.15, 0.2) is 24.8 Å². The van der Waals surface area contributed by atoms with E-state index in [1.165, 1.54) is 11.1 Å². The molecule has 2 aromatic rings. The smallest absolute Gasteiger partial charge is 0.265 e. The van der Waals surface area contributed by atoms with Crippen molar-refractivity contribution >= 4 is 12.4 Å². The molecule has 0 spiro atoms. The third kappa shape index (κ3) is 5.34. The molecule has 0 radical (unpaired) electrons. The van der Waals surface area contributed by atoms with Crippen LogP contribution in [0.5, 0.6) is 5.75 Å². The number of nitrogens with zero attached hydrogens (tertiary/aromatic N) is 6. The van der Waals surface area contributed by atoms with Crippen LogP contribution in [0, 0.1) is 17.1 Å². The Hall–Kier alpha value is -3.42. The van der Waals surface area contributed by atoms with Crippen molar-refractivity contribution in [3.05, 3.63) is 41.7 Å². The Balaban J connectivity index is 0.000000171. The standard InChI is InChI=1S/C10H9N3O2.C9H10F3N3/c11-3-8-4-12-5-9-6-13(7-14)1-2-15-10(8)9;10-7-4-13-8(14-5-7)15-3-1-2-9(11,12)6-15/h4-5,7H,1-2,6H2;4-5H,1-3,6H2. The number of anilines is 1. The maximum Gasteiger partial charge on any atom is 0.265 e. The van der Waals surface area contributed by atoms with Crippen LogP contribution in [0.4, 0.5) is 19.1 Å². The predicted octanol–water partition coefficient (Wildman–Crippen LogP) is 2.16. The van der Waals surface area contributed by atoms with E-state index in [4.69, 9.17) is 10.00 Å². The van der Waals surface area contributed by atoms with Crippen molar-refractivity contribution in [2.75, 3.05) is 31.1 Å². The number of rotatable bonds is 2. The molecule has 0 atom stereocenters. The Kier molecular flexibility index (Phi) is 6.66. The Morgan fingerprint density at radius 3 is 2.63 bits per heavy atom. The topological polar surface area (TPSA) is 95.2 Å². The first-order valence-corrected chi connectivity index (χ1v) is 9.21. The molecule has 4 rings (SSSR count). The fourth-order valence-electron chi connectivity index (χ4n) is 3.11. The zero-order chi connectivity index (χ0) is 21.6. The summed E-state index contributed by atoms with van der Waals surface area (Å²) >= 11 is 0. The number of carbonyl (C=O) groups excluding carboxylic acids is 1. The Morgan fingerprint density at radius 1 is 1.20 bits per heavy atom. The molecule has 0 bridgehead atoms. The number of nitriles is 1. The van der Waals surface area contributed by atoms with Crippen LogP contribution < -0.4 is 9.64 Å². The zero-order valence-corrected chi connectivity index (χ0v) is 16.0. The van der Waals surface area contributed by atoms with Crippen molar-refractivity contribution in [1.82, 2.24) is 19.9 Å². The lowest BCUT2D eigenvalue weighted by molar-refractivity contribution is -0.118. The van der Waals surface area contributed by atoms with Crippen molar-refractivity contribution in [1.29, 1.82) is 5.26 Å². The average molecular weight is 420 g/mol.